The lowest BCUT2D eigenvalue weighted by atomic mass is 10.1. The van der Waals surface area contributed by atoms with Crippen molar-refractivity contribution in [2.75, 3.05) is 6.54 Å². The van der Waals surface area contributed by atoms with E-state index in [9.17, 15) is 14.4 Å². The first kappa shape index (κ1) is 14.4. The van der Waals surface area contributed by atoms with Gasteiger partial charge in [-0.15, -0.1) is 0 Å². The number of aliphatic carboxylic acids is 2. The number of hydrogen-bond donors (Lipinski definition) is 2. The van der Waals surface area contributed by atoms with Gasteiger partial charge in [0, 0.05) is 13.0 Å². The van der Waals surface area contributed by atoms with Gasteiger partial charge < -0.3 is 15.1 Å². The summed E-state index contributed by atoms with van der Waals surface area (Å²) in [6.45, 7) is 3.20. The summed E-state index contributed by atoms with van der Waals surface area (Å²) < 4.78 is 0. The molecular weight excluding hydrogens is 214 g/mol. The Bertz CT molecular complexity index is 276. The Hall–Kier alpha value is -1.59. The number of hydrogen-bond acceptors (Lipinski definition) is 3. The lowest BCUT2D eigenvalue weighted by Crippen LogP contribution is -2.45. The minimum absolute atomic E-state index is 0.0627. The molecule has 0 aromatic heterocycles. The maximum atomic E-state index is 11.5. The van der Waals surface area contributed by atoms with E-state index in [-0.39, 0.29) is 31.7 Å². The maximum Gasteiger partial charge on any atom is 0.326 e. The molecule has 6 nitrogen and oxygen atoms in total. The summed E-state index contributed by atoms with van der Waals surface area (Å²) >= 11 is 0. The van der Waals surface area contributed by atoms with Crippen LogP contribution in [0.25, 0.3) is 0 Å². The Kier molecular flexibility index (Phi) is 6.14. The number of carboxylic acid groups (broad SMARTS) is 2. The fraction of sp³-hybridized carbons (Fsp3) is 0.700. The molecule has 0 aromatic rings. The van der Waals surface area contributed by atoms with E-state index in [4.69, 9.17) is 10.2 Å². The van der Waals surface area contributed by atoms with E-state index in [0.717, 1.165) is 4.90 Å². The van der Waals surface area contributed by atoms with Crippen molar-refractivity contribution in [2.24, 2.45) is 0 Å². The molecule has 0 rings (SSSR count). The van der Waals surface area contributed by atoms with Gasteiger partial charge in [0.15, 0.2) is 0 Å². The summed E-state index contributed by atoms with van der Waals surface area (Å²) in [5.41, 5.74) is 0. The Labute approximate surface area is 93.9 Å². The van der Waals surface area contributed by atoms with Crippen LogP contribution in [0.1, 0.15) is 33.1 Å². The van der Waals surface area contributed by atoms with Crippen molar-refractivity contribution in [3.05, 3.63) is 0 Å². The second kappa shape index (κ2) is 6.81. The highest BCUT2D eigenvalue weighted by molar-refractivity contribution is 5.83. The Morgan fingerprint density at radius 2 is 1.75 bits per heavy atom. The van der Waals surface area contributed by atoms with Crippen LogP contribution in [-0.4, -0.2) is 45.5 Å². The summed E-state index contributed by atoms with van der Waals surface area (Å²) in [7, 11) is 0. The van der Waals surface area contributed by atoms with E-state index in [1.807, 2.05) is 0 Å². The van der Waals surface area contributed by atoms with Gasteiger partial charge in [-0.25, -0.2) is 4.79 Å². The predicted octanol–water partition coefficient (Wildman–Crippen LogP) is 0.563. The molecule has 0 saturated heterocycles. The quantitative estimate of drug-likeness (QED) is 0.667. The monoisotopic (exact) mass is 231 g/mol. The van der Waals surface area contributed by atoms with E-state index in [2.05, 4.69) is 0 Å². The maximum absolute atomic E-state index is 11.5. The van der Waals surface area contributed by atoms with Crippen molar-refractivity contribution in [3.8, 4) is 0 Å². The van der Waals surface area contributed by atoms with Crippen LogP contribution in [0.3, 0.4) is 0 Å². The van der Waals surface area contributed by atoms with Crippen molar-refractivity contribution in [3.63, 3.8) is 0 Å². The molecular formula is C10H17NO5. The minimum Gasteiger partial charge on any atom is -0.481 e. The first-order valence-electron chi connectivity index (χ1n) is 5.18. The zero-order valence-corrected chi connectivity index (χ0v) is 9.47. The highest BCUT2D eigenvalue weighted by Crippen LogP contribution is 2.08. The Morgan fingerprint density at radius 1 is 1.19 bits per heavy atom. The molecule has 0 radical (unpaired) electrons. The minimum atomic E-state index is -1.10. The van der Waals surface area contributed by atoms with Gasteiger partial charge in [-0.3, -0.25) is 9.59 Å². The van der Waals surface area contributed by atoms with Gasteiger partial charge in [0.1, 0.15) is 6.04 Å². The highest BCUT2D eigenvalue weighted by Gasteiger charge is 2.27. The summed E-state index contributed by atoms with van der Waals surface area (Å²) in [5, 5.41) is 17.4. The van der Waals surface area contributed by atoms with E-state index >= 15 is 0 Å². The van der Waals surface area contributed by atoms with Crippen LogP contribution in [0.4, 0.5) is 0 Å². The number of carbonyl (C=O) groups is 3. The van der Waals surface area contributed by atoms with Crippen molar-refractivity contribution >= 4 is 17.8 Å². The molecule has 0 spiro atoms. The normalized spacial score (nSPS) is 11.9. The SMILES string of the molecule is CCC(=O)N(CCC(=O)O)C(CC)C(=O)O. The third kappa shape index (κ3) is 4.29. The molecule has 6 heteroatoms. The summed E-state index contributed by atoms with van der Waals surface area (Å²) in [6, 6.07) is -0.938. The van der Waals surface area contributed by atoms with Crippen LogP contribution in [0.2, 0.25) is 0 Å². The first-order chi connectivity index (χ1) is 7.43. The lowest BCUT2D eigenvalue weighted by Gasteiger charge is -2.27. The molecule has 0 heterocycles. The Balaban J connectivity index is 4.69. The lowest BCUT2D eigenvalue weighted by molar-refractivity contribution is -0.151. The van der Waals surface area contributed by atoms with Crippen LogP contribution in [0.5, 0.6) is 0 Å². The number of rotatable bonds is 7. The van der Waals surface area contributed by atoms with Crippen molar-refractivity contribution in [2.45, 2.75) is 39.2 Å². The van der Waals surface area contributed by atoms with E-state index in [1.54, 1.807) is 13.8 Å². The van der Waals surface area contributed by atoms with Crippen LogP contribution in [0.15, 0.2) is 0 Å². The molecule has 1 atom stereocenters. The van der Waals surface area contributed by atoms with Crippen LogP contribution < -0.4 is 0 Å². The topological polar surface area (TPSA) is 94.9 Å². The van der Waals surface area contributed by atoms with Crippen molar-refractivity contribution in [1.29, 1.82) is 0 Å². The van der Waals surface area contributed by atoms with E-state index in [1.165, 1.54) is 0 Å². The molecule has 0 aromatic carbocycles. The van der Waals surface area contributed by atoms with E-state index in [0.29, 0.717) is 0 Å². The van der Waals surface area contributed by atoms with Crippen molar-refractivity contribution < 1.29 is 24.6 Å². The fourth-order valence-corrected chi connectivity index (χ4v) is 1.40. The second-order valence-electron chi connectivity index (χ2n) is 3.35. The molecule has 0 fully saturated rings. The highest BCUT2D eigenvalue weighted by atomic mass is 16.4. The summed E-state index contributed by atoms with van der Waals surface area (Å²) in [4.78, 5) is 33.9. The molecule has 0 saturated carbocycles. The largest absolute Gasteiger partial charge is 0.481 e. The molecule has 1 amide bonds. The smallest absolute Gasteiger partial charge is 0.326 e. The zero-order valence-electron chi connectivity index (χ0n) is 9.47. The molecule has 0 bridgehead atoms. The standard InChI is InChI=1S/C10H17NO5/c1-3-7(10(15)16)11(8(12)4-2)6-5-9(13)14/h7H,3-6H2,1-2H3,(H,13,14)(H,15,16). The first-order valence-corrected chi connectivity index (χ1v) is 5.18. The number of carbonyl (C=O) groups excluding carboxylic acids is 1. The molecule has 0 aliphatic rings. The van der Waals surface area contributed by atoms with Crippen molar-refractivity contribution in [1.82, 2.24) is 4.90 Å². The molecule has 16 heavy (non-hydrogen) atoms. The van der Waals surface area contributed by atoms with Crippen LogP contribution in [0, 0.1) is 0 Å². The molecule has 92 valence electrons. The number of nitrogens with zero attached hydrogens (tertiary/aromatic N) is 1. The van der Waals surface area contributed by atoms with Gasteiger partial charge in [-0.1, -0.05) is 13.8 Å². The van der Waals surface area contributed by atoms with Crippen LogP contribution >= 0.6 is 0 Å². The average Bonchev–Trinajstić information content (AvgIpc) is 2.22. The molecule has 1 unspecified atom stereocenters. The zero-order chi connectivity index (χ0) is 12.7. The van der Waals surface area contributed by atoms with Gasteiger partial charge in [0.05, 0.1) is 6.42 Å². The van der Waals surface area contributed by atoms with Crippen LogP contribution in [-0.2, 0) is 14.4 Å². The van der Waals surface area contributed by atoms with Gasteiger partial charge in [-0.05, 0) is 6.42 Å². The van der Waals surface area contributed by atoms with Gasteiger partial charge in [-0.2, -0.15) is 0 Å². The van der Waals surface area contributed by atoms with E-state index < -0.39 is 18.0 Å². The second-order valence-corrected chi connectivity index (χ2v) is 3.35. The Morgan fingerprint density at radius 3 is 2.06 bits per heavy atom. The molecule has 0 aliphatic carbocycles. The summed E-state index contributed by atoms with van der Waals surface area (Å²) in [5.74, 6) is -2.49. The predicted molar refractivity (Wildman–Crippen MR) is 56.0 cm³/mol. The average molecular weight is 231 g/mol. The van der Waals surface area contributed by atoms with Gasteiger partial charge >= 0.3 is 11.9 Å². The summed E-state index contributed by atoms with van der Waals surface area (Å²) in [6.07, 6.45) is 0.194. The fourth-order valence-electron chi connectivity index (χ4n) is 1.40. The third-order valence-electron chi connectivity index (χ3n) is 2.24. The third-order valence-corrected chi connectivity index (χ3v) is 2.24. The van der Waals surface area contributed by atoms with Gasteiger partial charge in [0.25, 0.3) is 0 Å². The molecule has 2 N–H and O–H groups in total. The number of amides is 1. The van der Waals surface area contributed by atoms with Gasteiger partial charge in [0.2, 0.25) is 5.91 Å². The molecule has 0 aliphatic heterocycles. The number of carboxylic acids is 2.